The Labute approximate surface area is 149 Å². The van der Waals surface area contributed by atoms with Crippen molar-refractivity contribution in [2.45, 2.75) is 39.8 Å². The van der Waals surface area contributed by atoms with Crippen molar-refractivity contribution in [3.63, 3.8) is 0 Å². The average Bonchev–Trinajstić information content (AvgIpc) is 3.40. The molecule has 134 valence electrons. The molecule has 1 aromatic heterocycles. The van der Waals surface area contributed by atoms with E-state index in [0.29, 0.717) is 6.54 Å². The number of fused-ring (bicyclic) bond motifs is 1. The van der Waals surface area contributed by atoms with Gasteiger partial charge in [0.1, 0.15) is 0 Å². The van der Waals surface area contributed by atoms with Gasteiger partial charge < -0.3 is 14.9 Å². The summed E-state index contributed by atoms with van der Waals surface area (Å²) in [7, 11) is 0. The molecule has 0 saturated heterocycles. The first-order chi connectivity index (χ1) is 12.2. The molecule has 0 bridgehead atoms. The van der Waals surface area contributed by atoms with E-state index >= 15 is 0 Å². The molecule has 0 atom stereocenters. The molecule has 2 heterocycles. The van der Waals surface area contributed by atoms with Crippen molar-refractivity contribution in [1.29, 1.82) is 0 Å². The fourth-order valence-electron chi connectivity index (χ4n) is 3.91. The van der Waals surface area contributed by atoms with Crippen LogP contribution in [0, 0.1) is 19.8 Å². The lowest BCUT2D eigenvalue weighted by atomic mass is 10.1. The topological polar surface area (TPSA) is 44.5 Å². The van der Waals surface area contributed by atoms with E-state index in [1.54, 1.807) is 0 Å². The third-order valence-corrected chi connectivity index (χ3v) is 5.57. The molecule has 1 fully saturated rings. The Bertz CT molecular complexity index is 750. The number of aliphatic hydroxyl groups is 1. The fraction of sp³-hybridized carbons (Fsp3) is 0.550. The molecule has 4 rings (SSSR count). The summed E-state index contributed by atoms with van der Waals surface area (Å²) in [6, 6.07) is 8.80. The smallest absolute Gasteiger partial charge is 0.0646 e. The normalized spacial score (nSPS) is 17.1. The first-order valence-corrected chi connectivity index (χ1v) is 9.40. The van der Waals surface area contributed by atoms with Crippen LogP contribution in [0.3, 0.4) is 0 Å². The van der Waals surface area contributed by atoms with Crippen LogP contribution >= 0.6 is 0 Å². The number of hydrogen-bond acceptors (Lipinski definition) is 4. The largest absolute Gasteiger partial charge is 0.394 e. The second kappa shape index (κ2) is 6.71. The molecule has 1 aromatic carbocycles. The van der Waals surface area contributed by atoms with Crippen LogP contribution in [0.4, 0.5) is 11.4 Å². The van der Waals surface area contributed by atoms with E-state index in [1.165, 1.54) is 42.0 Å². The van der Waals surface area contributed by atoms with E-state index in [0.717, 1.165) is 31.2 Å². The number of para-hydroxylation sites is 2. The molecular formula is C20H28N4O. The molecule has 0 amide bonds. The Morgan fingerprint density at radius 3 is 2.44 bits per heavy atom. The Balaban J connectivity index is 1.59. The number of nitrogens with zero attached hydrogens (tertiary/aromatic N) is 4. The SMILES string of the molecule is Cc1nn(CCO)c(C)c1CN1CCN(CC2CC2)c2ccccc21. The number of aromatic nitrogens is 2. The highest BCUT2D eigenvalue weighted by Crippen LogP contribution is 2.38. The van der Waals surface area contributed by atoms with Gasteiger partial charge in [-0.05, 0) is 44.7 Å². The van der Waals surface area contributed by atoms with Crippen LogP contribution < -0.4 is 9.80 Å². The summed E-state index contributed by atoms with van der Waals surface area (Å²) >= 11 is 0. The van der Waals surface area contributed by atoms with Crippen molar-refractivity contribution >= 4 is 11.4 Å². The van der Waals surface area contributed by atoms with Crippen molar-refractivity contribution in [2.75, 3.05) is 36.0 Å². The van der Waals surface area contributed by atoms with Crippen LogP contribution in [0.1, 0.15) is 29.8 Å². The third kappa shape index (κ3) is 3.25. The van der Waals surface area contributed by atoms with Gasteiger partial charge in [-0.1, -0.05) is 12.1 Å². The van der Waals surface area contributed by atoms with E-state index in [2.05, 4.69) is 53.0 Å². The van der Waals surface area contributed by atoms with Crippen LogP contribution in [0.5, 0.6) is 0 Å². The van der Waals surface area contributed by atoms with E-state index < -0.39 is 0 Å². The van der Waals surface area contributed by atoms with Crippen molar-refractivity contribution in [3.8, 4) is 0 Å². The summed E-state index contributed by atoms with van der Waals surface area (Å²) in [6.45, 7) is 9.12. The molecule has 2 aromatic rings. The number of aliphatic hydroxyl groups excluding tert-OH is 1. The molecule has 1 aliphatic carbocycles. The molecule has 25 heavy (non-hydrogen) atoms. The summed E-state index contributed by atoms with van der Waals surface area (Å²) in [4.78, 5) is 5.05. The maximum atomic E-state index is 9.23. The second-order valence-electron chi connectivity index (χ2n) is 7.40. The van der Waals surface area contributed by atoms with Crippen LogP contribution in [-0.2, 0) is 13.1 Å². The van der Waals surface area contributed by atoms with Gasteiger partial charge in [0, 0.05) is 37.4 Å². The van der Waals surface area contributed by atoms with E-state index in [4.69, 9.17) is 0 Å². The van der Waals surface area contributed by atoms with Crippen molar-refractivity contribution in [2.24, 2.45) is 5.92 Å². The minimum absolute atomic E-state index is 0.129. The van der Waals surface area contributed by atoms with Crippen molar-refractivity contribution < 1.29 is 5.11 Å². The van der Waals surface area contributed by atoms with Gasteiger partial charge in [-0.2, -0.15) is 5.10 Å². The summed E-state index contributed by atoms with van der Waals surface area (Å²) in [5.74, 6) is 0.904. The third-order valence-electron chi connectivity index (χ3n) is 5.57. The second-order valence-corrected chi connectivity index (χ2v) is 7.40. The Morgan fingerprint density at radius 2 is 1.76 bits per heavy atom. The van der Waals surface area contributed by atoms with Crippen LogP contribution in [0.15, 0.2) is 24.3 Å². The predicted octanol–water partition coefficient (Wildman–Crippen LogP) is 2.73. The van der Waals surface area contributed by atoms with Crippen LogP contribution in [-0.4, -0.2) is 41.1 Å². The molecule has 0 spiro atoms. The zero-order valence-electron chi connectivity index (χ0n) is 15.3. The van der Waals surface area contributed by atoms with Gasteiger partial charge in [-0.25, -0.2) is 0 Å². The number of hydrogen-bond donors (Lipinski definition) is 1. The highest BCUT2D eigenvalue weighted by molar-refractivity contribution is 5.73. The van der Waals surface area contributed by atoms with Crippen molar-refractivity contribution in [3.05, 3.63) is 41.2 Å². The molecule has 1 aliphatic heterocycles. The molecule has 5 heteroatoms. The monoisotopic (exact) mass is 340 g/mol. The summed E-state index contributed by atoms with van der Waals surface area (Å²) in [5.41, 5.74) is 6.24. The van der Waals surface area contributed by atoms with Crippen LogP contribution in [0.25, 0.3) is 0 Å². The number of benzene rings is 1. The lowest BCUT2D eigenvalue weighted by molar-refractivity contribution is 0.268. The first kappa shape index (κ1) is 16.5. The predicted molar refractivity (Wildman–Crippen MR) is 101 cm³/mol. The van der Waals surface area contributed by atoms with E-state index in [1.807, 2.05) is 4.68 Å². The van der Waals surface area contributed by atoms with E-state index in [9.17, 15) is 5.11 Å². The average molecular weight is 340 g/mol. The Hall–Kier alpha value is -2.01. The number of anilines is 2. The molecule has 1 N–H and O–H groups in total. The first-order valence-electron chi connectivity index (χ1n) is 9.40. The van der Waals surface area contributed by atoms with Gasteiger partial charge in [0.25, 0.3) is 0 Å². The van der Waals surface area contributed by atoms with Gasteiger partial charge in [0.2, 0.25) is 0 Å². The van der Waals surface area contributed by atoms with Gasteiger partial charge in [-0.3, -0.25) is 4.68 Å². The highest BCUT2D eigenvalue weighted by atomic mass is 16.3. The standard InChI is InChI=1S/C20H28N4O/c1-15-18(16(2)24(21-15)11-12-25)14-23-10-9-22(13-17-7-8-17)19-5-3-4-6-20(19)23/h3-6,17,25H,7-14H2,1-2H3. The highest BCUT2D eigenvalue weighted by Gasteiger charge is 2.29. The zero-order chi connectivity index (χ0) is 17.4. The Kier molecular flexibility index (Phi) is 4.42. The van der Waals surface area contributed by atoms with Crippen molar-refractivity contribution in [1.82, 2.24) is 9.78 Å². The quantitative estimate of drug-likeness (QED) is 0.878. The molecule has 0 radical (unpaired) electrons. The van der Waals surface area contributed by atoms with Gasteiger partial charge in [-0.15, -0.1) is 0 Å². The minimum atomic E-state index is 0.129. The lowest BCUT2D eigenvalue weighted by Crippen LogP contribution is -2.41. The molecular weight excluding hydrogens is 312 g/mol. The number of rotatable bonds is 6. The van der Waals surface area contributed by atoms with Gasteiger partial charge >= 0.3 is 0 Å². The van der Waals surface area contributed by atoms with E-state index in [-0.39, 0.29) is 6.61 Å². The maximum Gasteiger partial charge on any atom is 0.0646 e. The maximum absolute atomic E-state index is 9.23. The summed E-state index contributed by atoms with van der Waals surface area (Å²) in [6.07, 6.45) is 2.79. The molecule has 5 nitrogen and oxygen atoms in total. The summed E-state index contributed by atoms with van der Waals surface area (Å²) < 4.78 is 1.93. The zero-order valence-corrected chi connectivity index (χ0v) is 15.3. The minimum Gasteiger partial charge on any atom is -0.394 e. The molecule has 0 unspecified atom stereocenters. The molecule has 1 saturated carbocycles. The lowest BCUT2D eigenvalue weighted by Gasteiger charge is -2.39. The van der Waals surface area contributed by atoms with Gasteiger partial charge in [0.15, 0.2) is 0 Å². The fourth-order valence-corrected chi connectivity index (χ4v) is 3.91. The Morgan fingerprint density at radius 1 is 1.08 bits per heavy atom. The number of aryl methyl sites for hydroxylation is 1. The summed E-state index contributed by atoms with van der Waals surface area (Å²) in [5, 5.41) is 13.8. The van der Waals surface area contributed by atoms with Crippen LogP contribution in [0.2, 0.25) is 0 Å². The molecule has 2 aliphatic rings. The van der Waals surface area contributed by atoms with Gasteiger partial charge in [0.05, 0.1) is 30.2 Å².